The van der Waals surface area contributed by atoms with Crippen molar-refractivity contribution in [3.63, 3.8) is 0 Å². The van der Waals surface area contributed by atoms with Gasteiger partial charge in [0.2, 0.25) is 0 Å². The summed E-state index contributed by atoms with van der Waals surface area (Å²) in [5, 5.41) is 0.500. The third-order valence-corrected chi connectivity index (χ3v) is 2.09. The zero-order valence-corrected chi connectivity index (χ0v) is 8.19. The summed E-state index contributed by atoms with van der Waals surface area (Å²) in [4.78, 5) is 6.93. The molecule has 0 radical (unpaired) electrons. The van der Waals surface area contributed by atoms with E-state index in [2.05, 4.69) is 16.9 Å². The standard InChI is InChI=1S/C9H15ClN2/c1-2-3-4-5-6-8-7-11-9(10)12-8/h7H,2-6H2,1H3,(H,11,12). The number of imidazole rings is 1. The van der Waals surface area contributed by atoms with Gasteiger partial charge in [-0.1, -0.05) is 26.2 Å². The molecule has 12 heavy (non-hydrogen) atoms. The quantitative estimate of drug-likeness (QED) is 0.703. The maximum Gasteiger partial charge on any atom is 0.200 e. The highest BCUT2D eigenvalue weighted by atomic mass is 35.5. The van der Waals surface area contributed by atoms with Gasteiger partial charge < -0.3 is 4.98 Å². The van der Waals surface area contributed by atoms with Gasteiger partial charge in [0.05, 0.1) is 0 Å². The average Bonchev–Trinajstić information content (AvgIpc) is 2.45. The van der Waals surface area contributed by atoms with Crippen LogP contribution in [-0.4, -0.2) is 9.97 Å². The maximum absolute atomic E-state index is 5.63. The van der Waals surface area contributed by atoms with E-state index in [9.17, 15) is 0 Å². The number of unbranched alkanes of at least 4 members (excludes halogenated alkanes) is 3. The minimum absolute atomic E-state index is 0.500. The van der Waals surface area contributed by atoms with Crippen LogP contribution >= 0.6 is 11.6 Å². The predicted octanol–water partition coefficient (Wildman–Crippen LogP) is 3.19. The van der Waals surface area contributed by atoms with E-state index >= 15 is 0 Å². The second-order valence-corrected chi connectivity index (χ2v) is 3.37. The number of nitrogens with one attached hydrogen (secondary N) is 1. The van der Waals surface area contributed by atoms with Crippen molar-refractivity contribution in [1.29, 1.82) is 0 Å². The average molecular weight is 187 g/mol. The molecule has 0 aliphatic heterocycles. The molecule has 1 aromatic heterocycles. The zero-order valence-electron chi connectivity index (χ0n) is 7.44. The molecule has 0 amide bonds. The van der Waals surface area contributed by atoms with E-state index in [1.54, 1.807) is 0 Å². The van der Waals surface area contributed by atoms with Crippen LogP contribution in [0.1, 0.15) is 38.3 Å². The highest BCUT2D eigenvalue weighted by Crippen LogP contribution is 2.07. The van der Waals surface area contributed by atoms with Crippen LogP contribution in [0.2, 0.25) is 5.28 Å². The van der Waals surface area contributed by atoms with Crippen molar-refractivity contribution in [1.82, 2.24) is 9.97 Å². The van der Waals surface area contributed by atoms with E-state index in [1.807, 2.05) is 6.20 Å². The Labute approximate surface area is 78.4 Å². The molecule has 0 aliphatic rings. The number of aromatic amines is 1. The third kappa shape index (κ3) is 3.26. The molecular weight excluding hydrogens is 172 g/mol. The number of aryl methyl sites for hydroxylation is 1. The molecule has 68 valence electrons. The predicted molar refractivity (Wildman–Crippen MR) is 51.4 cm³/mol. The first kappa shape index (κ1) is 9.59. The topological polar surface area (TPSA) is 28.7 Å². The first-order valence-electron chi connectivity index (χ1n) is 4.52. The summed E-state index contributed by atoms with van der Waals surface area (Å²) in [5.74, 6) is 0. The minimum atomic E-state index is 0.500. The van der Waals surface area contributed by atoms with Gasteiger partial charge in [-0.15, -0.1) is 0 Å². The molecule has 2 nitrogen and oxygen atoms in total. The Bertz CT molecular complexity index is 220. The van der Waals surface area contributed by atoms with Gasteiger partial charge in [0.25, 0.3) is 0 Å². The van der Waals surface area contributed by atoms with Crippen LogP contribution in [0.25, 0.3) is 0 Å². The molecule has 0 fully saturated rings. The Morgan fingerprint density at radius 1 is 1.42 bits per heavy atom. The number of halogens is 1. The first-order chi connectivity index (χ1) is 5.83. The van der Waals surface area contributed by atoms with E-state index in [-0.39, 0.29) is 0 Å². The number of nitrogens with zero attached hydrogens (tertiary/aromatic N) is 1. The molecule has 1 N–H and O–H groups in total. The lowest BCUT2D eigenvalue weighted by atomic mass is 10.1. The normalized spacial score (nSPS) is 10.5. The number of rotatable bonds is 5. The van der Waals surface area contributed by atoms with Gasteiger partial charge in [0, 0.05) is 11.9 Å². The summed E-state index contributed by atoms with van der Waals surface area (Å²) >= 11 is 5.63. The smallest absolute Gasteiger partial charge is 0.200 e. The Hall–Kier alpha value is -0.500. The summed E-state index contributed by atoms with van der Waals surface area (Å²) in [7, 11) is 0. The van der Waals surface area contributed by atoms with Crippen LogP contribution in [0.15, 0.2) is 6.20 Å². The lowest BCUT2D eigenvalue weighted by Crippen LogP contribution is -1.85. The monoisotopic (exact) mass is 186 g/mol. The van der Waals surface area contributed by atoms with Crippen molar-refractivity contribution in [3.05, 3.63) is 17.2 Å². The maximum atomic E-state index is 5.63. The molecule has 0 saturated carbocycles. The van der Waals surface area contributed by atoms with E-state index in [1.165, 1.54) is 25.7 Å². The molecule has 1 heterocycles. The molecular formula is C9H15ClN2. The molecule has 0 spiro atoms. The lowest BCUT2D eigenvalue weighted by Gasteiger charge is -1.96. The lowest BCUT2D eigenvalue weighted by molar-refractivity contribution is 0.662. The van der Waals surface area contributed by atoms with Crippen LogP contribution in [0.4, 0.5) is 0 Å². The number of aromatic nitrogens is 2. The van der Waals surface area contributed by atoms with Gasteiger partial charge in [-0.05, 0) is 24.4 Å². The van der Waals surface area contributed by atoms with Gasteiger partial charge in [0.15, 0.2) is 5.28 Å². The van der Waals surface area contributed by atoms with Gasteiger partial charge in [-0.3, -0.25) is 0 Å². The van der Waals surface area contributed by atoms with Crippen molar-refractivity contribution < 1.29 is 0 Å². The molecule has 0 aromatic carbocycles. The second kappa shape index (κ2) is 5.20. The molecule has 3 heteroatoms. The molecule has 0 saturated heterocycles. The highest BCUT2D eigenvalue weighted by Gasteiger charge is 1.96. The molecule has 0 aliphatic carbocycles. The summed E-state index contributed by atoms with van der Waals surface area (Å²) in [5.41, 5.74) is 1.15. The van der Waals surface area contributed by atoms with Crippen LogP contribution in [-0.2, 0) is 6.42 Å². The van der Waals surface area contributed by atoms with Crippen LogP contribution < -0.4 is 0 Å². The Kier molecular flexibility index (Phi) is 4.15. The fourth-order valence-corrected chi connectivity index (χ4v) is 1.37. The largest absolute Gasteiger partial charge is 0.333 e. The Morgan fingerprint density at radius 3 is 2.83 bits per heavy atom. The first-order valence-corrected chi connectivity index (χ1v) is 4.90. The van der Waals surface area contributed by atoms with Crippen molar-refractivity contribution in [2.75, 3.05) is 0 Å². The van der Waals surface area contributed by atoms with Crippen LogP contribution in [0.3, 0.4) is 0 Å². The fraction of sp³-hybridized carbons (Fsp3) is 0.667. The van der Waals surface area contributed by atoms with Crippen molar-refractivity contribution in [3.8, 4) is 0 Å². The summed E-state index contributed by atoms with van der Waals surface area (Å²) < 4.78 is 0. The van der Waals surface area contributed by atoms with Gasteiger partial charge >= 0.3 is 0 Å². The summed E-state index contributed by atoms with van der Waals surface area (Å²) in [6.45, 7) is 2.22. The molecule has 0 unspecified atom stereocenters. The number of H-pyrrole nitrogens is 1. The fourth-order valence-electron chi connectivity index (χ4n) is 1.20. The van der Waals surface area contributed by atoms with Crippen molar-refractivity contribution >= 4 is 11.6 Å². The molecule has 0 atom stereocenters. The van der Waals surface area contributed by atoms with E-state index < -0.39 is 0 Å². The van der Waals surface area contributed by atoms with E-state index in [0.29, 0.717) is 5.28 Å². The molecule has 0 bridgehead atoms. The Balaban J connectivity index is 2.15. The van der Waals surface area contributed by atoms with Gasteiger partial charge in [0.1, 0.15) is 0 Å². The number of hydrogen-bond donors (Lipinski definition) is 1. The summed E-state index contributed by atoms with van der Waals surface area (Å²) in [6.07, 6.45) is 8.01. The Morgan fingerprint density at radius 2 is 2.25 bits per heavy atom. The van der Waals surface area contributed by atoms with Crippen molar-refractivity contribution in [2.24, 2.45) is 0 Å². The van der Waals surface area contributed by atoms with Crippen LogP contribution in [0.5, 0.6) is 0 Å². The summed E-state index contributed by atoms with van der Waals surface area (Å²) in [6, 6.07) is 0. The van der Waals surface area contributed by atoms with E-state index in [0.717, 1.165) is 12.1 Å². The van der Waals surface area contributed by atoms with E-state index in [4.69, 9.17) is 11.6 Å². The third-order valence-electron chi connectivity index (χ3n) is 1.90. The van der Waals surface area contributed by atoms with Gasteiger partial charge in [-0.2, -0.15) is 0 Å². The zero-order chi connectivity index (χ0) is 8.81. The van der Waals surface area contributed by atoms with Gasteiger partial charge in [-0.25, -0.2) is 4.98 Å². The molecule has 1 rings (SSSR count). The minimum Gasteiger partial charge on any atom is -0.333 e. The highest BCUT2D eigenvalue weighted by molar-refractivity contribution is 6.28. The van der Waals surface area contributed by atoms with Crippen molar-refractivity contribution in [2.45, 2.75) is 39.0 Å². The number of hydrogen-bond acceptors (Lipinski definition) is 1. The second-order valence-electron chi connectivity index (χ2n) is 3.01. The molecule has 1 aromatic rings. The van der Waals surface area contributed by atoms with Crippen LogP contribution in [0, 0.1) is 0 Å². The SMILES string of the molecule is CCCCCCc1cnc(Cl)[nH]1.